The molecule has 0 radical (unpaired) electrons. The minimum atomic E-state index is -0.755. The van der Waals surface area contributed by atoms with Crippen LogP contribution in [0.2, 0.25) is 0 Å². The summed E-state index contributed by atoms with van der Waals surface area (Å²) in [5.41, 5.74) is -1.17. The van der Waals surface area contributed by atoms with E-state index in [1.165, 1.54) is 19.0 Å². The lowest BCUT2D eigenvalue weighted by Crippen LogP contribution is -2.13. The van der Waals surface area contributed by atoms with Gasteiger partial charge in [-0.05, 0) is 0 Å². The van der Waals surface area contributed by atoms with Crippen molar-refractivity contribution in [2.24, 2.45) is 0 Å². The first-order chi connectivity index (χ1) is 7.88. The molecule has 0 aliphatic heterocycles. The molecule has 0 bridgehead atoms. The van der Waals surface area contributed by atoms with Crippen LogP contribution in [0.1, 0.15) is 10.4 Å². The van der Waals surface area contributed by atoms with Crippen molar-refractivity contribution in [1.82, 2.24) is 0 Å². The van der Waals surface area contributed by atoms with E-state index in [2.05, 4.69) is 0 Å². The van der Waals surface area contributed by atoms with E-state index >= 15 is 0 Å². The Morgan fingerprint density at radius 1 is 1.12 bits per heavy atom. The van der Waals surface area contributed by atoms with E-state index in [1.54, 1.807) is 0 Å². The van der Waals surface area contributed by atoms with E-state index in [0.29, 0.717) is 6.29 Å². The molecule has 1 aromatic rings. The predicted octanol–water partition coefficient (Wildman–Crippen LogP) is 1.38. The summed E-state index contributed by atoms with van der Waals surface area (Å²) in [5, 5.41) is 21.6. The highest BCUT2D eigenvalue weighted by Crippen LogP contribution is 2.37. The van der Waals surface area contributed by atoms with Crippen molar-refractivity contribution in [1.29, 1.82) is 0 Å². The van der Waals surface area contributed by atoms with Gasteiger partial charge in [-0.1, -0.05) is 0 Å². The van der Waals surface area contributed by atoms with Crippen molar-refractivity contribution in [3.63, 3.8) is 0 Å². The number of carbonyl (C=O) groups excluding carboxylic acids is 1. The molecule has 0 atom stereocenters. The van der Waals surface area contributed by atoms with Crippen LogP contribution in [0.4, 0.5) is 17.1 Å². The lowest BCUT2D eigenvalue weighted by atomic mass is 10.1. The lowest BCUT2D eigenvalue weighted by Gasteiger charge is -2.12. The molecule has 0 heterocycles. The molecule has 0 amide bonds. The van der Waals surface area contributed by atoms with Crippen LogP contribution in [0.15, 0.2) is 12.1 Å². The molecule has 0 aliphatic rings. The average molecular weight is 239 g/mol. The van der Waals surface area contributed by atoms with Gasteiger partial charge in [0.25, 0.3) is 11.4 Å². The second-order valence-electron chi connectivity index (χ2n) is 3.43. The lowest BCUT2D eigenvalue weighted by molar-refractivity contribution is -0.392. The Morgan fingerprint density at radius 2 is 1.53 bits per heavy atom. The zero-order valence-electron chi connectivity index (χ0n) is 9.11. The van der Waals surface area contributed by atoms with Crippen molar-refractivity contribution >= 4 is 23.3 Å². The third-order valence-corrected chi connectivity index (χ3v) is 2.07. The number of hydrogen-bond acceptors (Lipinski definition) is 6. The number of aldehydes is 1. The Balaban J connectivity index is 3.67. The molecule has 8 heteroatoms. The largest absolute Gasteiger partial charge is 0.366 e. The maximum atomic E-state index is 10.8. The molecule has 0 N–H and O–H groups in total. The van der Waals surface area contributed by atoms with Gasteiger partial charge in [-0.2, -0.15) is 0 Å². The van der Waals surface area contributed by atoms with Crippen LogP contribution in [-0.4, -0.2) is 30.2 Å². The summed E-state index contributed by atoms with van der Waals surface area (Å²) in [5.74, 6) is 0. The SMILES string of the molecule is CN(C)c1c([N+](=O)[O-])cc(C=O)cc1[N+](=O)[O-]. The van der Waals surface area contributed by atoms with E-state index in [1.807, 2.05) is 0 Å². The first-order valence-electron chi connectivity index (χ1n) is 4.47. The average Bonchev–Trinajstić information content (AvgIpc) is 2.26. The summed E-state index contributed by atoms with van der Waals surface area (Å²) in [6.07, 6.45) is 0.333. The minimum Gasteiger partial charge on any atom is -0.366 e. The molecular formula is C9H9N3O5. The highest BCUT2D eigenvalue weighted by molar-refractivity contribution is 5.85. The Labute approximate surface area is 95.8 Å². The number of nitro benzene ring substituents is 2. The number of anilines is 1. The summed E-state index contributed by atoms with van der Waals surface area (Å²) in [7, 11) is 2.91. The van der Waals surface area contributed by atoms with Crippen LogP contribution in [0.25, 0.3) is 0 Å². The first-order valence-corrected chi connectivity index (χ1v) is 4.47. The van der Waals surface area contributed by atoms with Crippen LogP contribution in [-0.2, 0) is 0 Å². The van der Waals surface area contributed by atoms with Crippen molar-refractivity contribution in [2.45, 2.75) is 0 Å². The Hall–Kier alpha value is -2.51. The fraction of sp³-hybridized carbons (Fsp3) is 0.222. The highest BCUT2D eigenvalue weighted by atomic mass is 16.6. The molecular weight excluding hydrogens is 230 g/mol. The quantitative estimate of drug-likeness (QED) is 0.446. The molecule has 0 aliphatic carbocycles. The molecule has 90 valence electrons. The molecule has 0 unspecified atom stereocenters. The van der Waals surface area contributed by atoms with Crippen molar-refractivity contribution in [3.8, 4) is 0 Å². The third-order valence-electron chi connectivity index (χ3n) is 2.07. The van der Waals surface area contributed by atoms with Gasteiger partial charge in [-0.25, -0.2) is 0 Å². The van der Waals surface area contributed by atoms with Crippen molar-refractivity contribution < 1.29 is 14.6 Å². The molecule has 1 aromatic carbocycles. The minimum absolute atomic E-state index is 0.103. The summed E-state index contributed by atoms with van der Waals surface area (Å²) in [4.78, 5) is 32.0. The smallest absolute Gasteiger partial charge is 0.300 e. The Kier molecular flexibility index (Phi) is 3.37. The van der Waals surface area contributed by atoms with Gasteiger partial charge in [-0.3, -0.25) is 25.0 Å². The van der Waals surface area contributed by atoms with Gasteiger partial charge in [0.05, 0.1) is 9.85 Å². The van der Waals surface area contributed by atoms with Crippen LogP contribution in [0.5, 0.6) is 0 Å². The number of benzene rings is 1. The Morgan fingerprint density at radius 3 is 1.76 bits per heavy atom. The normalized spacial score (nSPS) is 9.76. The summed E-state index contributed by atoms with van der Waals surface area (Å²) >= 11 is 0. The molecule has 0 saturated carbocycles. The maximum Gasteiger partial charge on any atom is 0.300 e. The number of nitrogens with zero attached hydrogens (tertiary/aromatic N) is 3. The summed E-state index contributed by atoms with van der Waals surface area (Å²) < 4.78 is 0. The van der Waals surface area contributed by atoms with Gasteiger partial charge < -0.3 is 4.90 Å². The summed E-state index contributed by atoms with van der Waals surface area (Å²) in [6, 6.07) is 2.02. The second kappa shape index (κ2) is 4.56. The molecule has 17 heavy (non-hydrogen) atoms. The fourth-order valence-corrected chi connectivity index (χ4v) is 1.43. The number of carbonyl (C=O) groups is 1. The molecule has 0 spiro atoms. The maximum absolute atomic E-state index is 10.8. The van der Waals surface area contributed by atoms with Crippen LogP contribution >= 0.6 is 0 Å². The number of hydrogen-bond donors (Lipinski definition) is 0. The standard InChI is InChI=1S/C9H9N3O5/c1-10(2)9-7(11(14)15)3-6(5-13)4-8(9)12(16)17/h3-5H,1-2H3. The highest BCUT2D eigenvalue weighted by Gasteiger charge is 2.28. The van der Waals surface area contributed by atoms with E-state index in [-0.39, 0.29) is 11.3 Å². The number of rotatable bonds is 4. The summed E-state index contributed by atoms with van der Waals surface area (Å²) in [6.45, 7) is 0. The van der Waals surface area contributed by atoms with E-state index in [9.17, 15) is 25.0 Å². The van der Waals surface area contributed by atoms with E-state index < -0.39 is 21.2 Å². The van der Waals surface area contributed by atoms with Crippen LogP contribution in [0.3, 0.4) is 0 Å². The predicted molar refractivity (Wildman–Crippen MR) is 59.5 cm³/mol. The first kappa shape index (κ1) is 12.6. The molecule has 0 fully saturated rings. The van der Waals surface area contributed by atoms with Crippen molar-refractivity contribution in [2.75, 3.05) is 19.0 Å². The van der Waals surface area contributed by atoms with Gasteiger partial charge in [0, 0.05) is 31.8 Å². The van der Waals surface area contributed by atoms with Gasteiger partial charge in [0.1, 0.15) is 0 Å². The van der Waals surface area contributed by atoms with Gasteiger partial charge >= 0.3 is 0 Å². The zero-order chi connectivity index (χ0) is 13.2. The third kappa shape index (κ3) is 2.36. The molecule has 8 nitrogen and oxygen atoms in total. The van der Waals surface area contributed by atoms with Crippen molar-refractivity contribution in [3.05, 3.63) is 37.9 Å². The van der Waals surface area contributed by atoms with Crippen LogP contribution < -0.4 is 4.90 Å². The topological polar surface area (TPSA) is 107 Å². The van der Waals surface area contributed by atoms with Gasteiger partial charge in [0.15, 0.2) is 12.0 Å². The zero-order valence-corrected chi connectivity index (χ0v) is 9.11. The Bertz CT molecular complexity index is 462. The number of nitro groups is 2. The monoisotopic (exact) mass is 239 g/mol. The van der Waals surface area contributed by atoms with Gasteiger partial charge in [0.2, 0.25) is 0 Å². The second-order valence-corrected chi connectivity index (χ2v) is 3.43. The molecule has 0 aromatic heterocycles. The van der Waals surface area contributed by atoms with E-state index in [4.69, 9.17) is 0 Å². The fourth-order valence-electron chi connectivity index (χ4n) is 1.43. The van der Waals surface area contributed by atoms with E-state index in [0.717, 1.165) is 12.1 Å². The van der Waals surface area contributed by atoms with Gasteiger partial charge in [-0.15, -0.1) is 0 Å². The molecule has 1 rings (SSSR count). The molecule has 0 saturated heterocycles. The van der Waals surface area contributed by atoms with Crippen LogP contribution in [0, 0.1) is 20.2 Å².